The molecule has 0 atom stereocenters. The van der Waals surface area contributed by atoms with Gasteiger partial charge in [0.2, 0.25) is 0 Å². The molecule has 0 aliphatic heterocycles. The molecule has 3 aromatic heterocycles. The van der Waals surface area contributed by atoms with Crippen LogP contribution in [0.1, 0.15) is 0 Å². The first-order valence-corrected chi connectivity index (χ1v) is 18.2. The summed E-state index contributed by atoms with van der Waals surface area (Å²) in [6.45, 7) is 0. The Labute approximate surface area is 296 Å². The average Bonchev–Trinajstić information content (AvgIpc) is 3.77. The third-order valence-corrected chi connectivity index (χ3v) is 11.7. The Morgan fingerprint density at radius 3 is 1.58 bits per heavy atom. The number of thiophene rings is 2. The van der Waals surface area contributed by atoms with Gasteiger partial charge in [-0.1, -0.05) is 140 Å². The second-order valence-electron chi connectivity index (χ2n) is 12.4. The fourth-order valence-corrected chi connectivity index (χ4v) is 9.33. The van der Waals surface area contributed by atoms with Crippen molar-refractivity contribution in [3.05, 3.63) is 164 Å². The molecule has 50 heavy (non-hydrogen) atoms. The summed E-state index contributed by atoms with van der Waals surface area (Å²) in [6.07, 6.45) is 0. The Hall–Kier alpha value is -6.01. The topological polar surface area (TPSA) is 38.7 Å². The lowest BCUT2D eigenvalue weighted by molar-refractivity contribution is 1.07. The Balaban J connectivity index is 1.11. The van der Waals surface area contributed by atoms with Crippen LogP contribution in [0.2, 0.25) is 0 Å². The number of hydrogen-bond donors (Lipinski definition) is 0. The summed E-state index contributed by atoms with van der Waals surface area (Å²) in [5.74, 6) is 2.00. The molecule has 234 valence electrons. The highest BCUT2D eigenvalue weighted by Gasteiger charge is 2.18. The van der Waals surface area contributed by atoms with Crippen LogP contribution in [0, 0.1) is 0 Å². The molecule has 10 aromatic rings. The number of benzene rings is 7. The third kappa shape index (κ3) is 4.90. The first-order chi connectivity index (χ1) is 24.8. The van der Waals surface area contributed by atoms with Crippen LogP contribution in [0.15, 0.2) is 164 Å². The van der Waals surface area contributed by atoms with Crippen molar-refractivity contribution >= 4 is 63.0 Å². The van der Waals surface area contributed by atoms with Crippen LogP contribution in [0.25, 0.3) is 96.8 Å². The molecule has 0 saturated carbocycles. The van der Waals surface area contributed by atoms with E-state index in [-0.39, 0.29) is 0 Å². The molecule has 0 amide bonds. The first kappa shape index (κ1) is 29.0. The number of aromatic nitrogens is 3. The number of hydrogen-bond acceptors (Lipinski definition) is 5. The Bertz CT molecular complexity index is 2800. The zero-order chi connectivity index (χ0) is 33.0. The predicted octanol–water partition coefficient (Wildman–Crippen LogP) is 12.9. The van der Waals surface area contributed by atoms with Crippen LogP contribution >= 0.6 is 22.7 Å². The summed E-state index contributed by atoms with van der Waals surface area (Å²) in [5.41, 5.74) is 7.93. The summed E-state index contributed by atoms with van der Waals surface area (Å²) in [4.78, 5) is 14.8. The molecule has 0 N–H and O–H groups in total. The summed E-state index contributed by atoms with van der Waals surface area (Å²) >= 11 is 3.70. The lowest BCUT2D eigenvalue weighted by atomic mass is 9.94. The van der Waals surface area contributed by atoms with Gasteiger partial charge in [-0.05, 0) is 46.5 Å². The van der Waals surface area contributed by atoms with Crippen molar-refractivity contribution < 1.29 is 0 Å². The molecule has 0 fully saturated rings. The fourth-order valence-electron chi connectivity index (χ4n) is 6.94. The smallest absolute Gasteiger partial charge is 0.164 e. The molecule has 7 aromatic carbocycles. The zero-order valence-corrected chi connectivity index (χ0v) is 28.4. The zero-order valence-electron chi connectivity index (χ0n) is 26.7. The molecule has 0 aliphatic rings. The van der Waals surface area contributed by atoms with Gasteiger partial charge in [0.1, 0.15) is 0 Å². The van der Waals surface area contributed by atoms with E-state index in [2.05, 4.69) is 103 Å². The van der Waals surface area contributed by atoms with Gasteiger partial charge in [0.15, 0.2) is 17.5 Å². The molecular formula is C45H27N3S2. The molecule has 5 heteroatoms. The normalized spacial score (nSPS) is 11.6. The molecule has 0 aliphatic carbocycles. The van der Waals surface area contributed by atoms with Gasteiger partial charge in [-0.2, -0.15) is 0 Å². The quantitative estimate of drug-likeness (QED) is 0.182. The van der Waals surface area contributed by atoms with E-state index in [1.807, 2.05) is 83.3 Å². The van der Waals surface area contributed by atoms with Crippen LogP contribution in [0.3, 0.4) is 0 Å². The van der Waals surface area contributed by atoms with Crippen molar-refractivity contribution in [1.82, 2.24) is 15.0 Å². The monoisotopic (exact) mass is 673 g/mol. The summed E-state index contributed by atoms with van der Waals surface area (Å²) < 4.78 is 5.12. The van der Waals surface area contributed by atoms with E-state index in [4.69, 9.17) is 15.0 Å². The van der Waals surface area contributed by atoms with Crippen molar-refractivity contribution in [2.24, 2.45) is 0 Å². The molecule has 0 spiro atoms. The van der Waals surface area contributed by atoms with Crippen molar-refractivity contribution in [2.45, 2.75) is 0 Å². The molecule has 0 radical (unpaired) electrons. The second-order valence-corrected chi connectivity index (χ2v) is 14.5. The molecule has 0 saturated heterocycles. The first-order valence-electron chi connectivity index (χ1n) is 16.6. The lowest BCUT2D eigenvalue weighted by Gasteiger charge is -2.10. The third-order valence-electron chi connectivity index (χ3n) is 9.35. The highest BCUT2D eigenvalue weighted by molar-refractivity contribution is 7.26. The Morgan fingerprint density at radius 1 is 0.320 bits per heavy atom. The molecular weight excluding hydrogens is 647 g/mol. The maximum atomic E-state index is 4.97. The summed E-state index contributed by atoms with van der Waals surface area (Å²) in [7, 11) is 0. The Morgan fingerprint density at radius 2 is 0.880 bits per heavy atom. The number of nitrogens with zero attached hydrogens (tertiary/aromatic N) is 3. The van der Waals surface area contributed by atoms with Gasteiger partial charge in [0, 0.05) is 57.0 Å². The van der Waals surface area contributed by atoms with Gasteiger partial charge in [-0.15, -0.1) is 22.7 Å². The van der Waals surface area contributed by atoms with E-state index in [1.54, 1.807) is 0 Å². The molecule has 0 bridgehead atoms. The largest absolute Gasteiger partial charge is 0.208 e. The van der Waals surface area contributed by atoms with E-state index in [0.29, 0.717) is 17.5 Å². The fraction of sp³-hybridized carbons (Fsp3) is 0. The summed E-state index contributed by atoms with van der Waals surface area (Å²) in [5, 5.41) is 5.14. The van der Waals surface area contributed by atoms with Crippen LogP contribution in [-0.2, 0) is 0 Å². The van der Waals surface area contributed by atoms with Crippen molar-refractivity contribution in [1.29, 1.82) is 0 Å². The van der Waals surface area contributed by atoms with Gasteiger partial charge in [0.05, 0.1) is 0 Å². The van der Waals surface area contributed by atoms with Crippen LogP contribution in [0.5, 0.6) is 0 Å². The van der Waals surface area contributed by atoms with Gasteiger partial charge < -0.3 is 0 Å². The van der Waals surface area contributed by atoms with Crippen molar-refractivity contribution in [3.63, 3.8) is 0 Å². The molecule has 10 rings (SSSR count). The van der Waals surface area contributed by atoms with E-state index in [9.17, 15) is 0 Å². The minimum Gasteiger partial charge on any atom is -0.208 e. The van der Waals surface area contributed by atoms with Crippen molar-refractivity contribution in [2.75, 3.05) is 0 Å². The maximum Gasteiger partial charge on any atom is 0.164 e. The molecule has 3 nitrogen and oxygen atoms in total. The van der Waals surface area contributed by atoms with Gasteiger partial charge >= 0.3 is 0 Å². The number of fused-ring (bicyclic) bond motifs is 6. The minimum atomic E-state index is 0.668. The minimum absolute atomic E-state index is 0.668. The average molecular weight is 674 g/mol. The highest BCUT2D eigenvalue weighted by Crippen LogP contribution is 2.46. The molecule has 3 heterocycles. The van der Waals surface area contributed by atoms with Crippen LogP contribution in [0.4, 0.5) is 0 Å². The lowest BCUT2D eigenvalue weighted by Crippen LogP contribution is -1.99. The van der Waals surface area contributed by atoms with E-state index in [0.717, 1.165) is 16.7 Å². The Kier molecular flexibility index (Phi) is 6.86. The van der Waals surface area contributed by atoms with E-state index < -0.39 is 0 Å². The van der Waals surface area contributed by atoms with Gasteiger partial charge in [0.25, 0.3) is 0 Å². The standard InChI is InChI=1S/C45H27N3S2/c1-4-12-28(13-5-1)34-24-23-33(41-36-18-10-11-19-38(36)50-42(34)41)31-21-25-39-37(26-31)35-22-20-32(27-40(35)49-39)45-47-43(29-14-6-2-7-15-29)46-44(48-45)30-16-8-3-9-17-30/h1-27H. The van der Waals surface area contributed by atoms with Crippen LogP contribution in [-0.4, -0.2) is 15.0 Å². The highest BCUT2D eigenvalue weighted by atomic mass is 32.1. The molecule has 0 unspecified atom stereocenters. The van der Waals surface area contributed by atoms with Gasteiger partial charge in [-0.3, -0.25) is 0 Å². The van der Waals surface area contributed by atoms with Crippen LogP contribution < -0.4 is 0 Å². The van der Waals surface area contributed by atoms with Crippen molar-refractivity contribution in [3.8, 4) is 56.4 Å². The van der Waals surface area contributed by atoms with E-state index in [1.165, 1.54) is 62.6 Å². The van der Waals surface area contributed by atoms with Gasteiger partial charge in [-0.25, -0.2) is 15.0 Å². The van der Waals surface area contributed by atoms with E-state index >= 15 is 0 Å². The SMILES string of the molecule is c1ccc(-c2nc(-c3ccccc3)nc(-c3ccc4c(c3)sc3ccc(-c5ccc(-c6ccccc6)c6sc7ccccc7c56)cc34)n2)cc1. The maximum absolute atomic E-state index is 4.97. The second kappa shape index (κ2) is 11.8. The summed E-state index contributed by atoms with van der Waals surface area (Å²) in [6, 6.07) is 58.0. The number of rotatable bonds is 5. The predicted molar refractivity (Wildman–Crippen MR) is 213 cm³/mol.